The van der Waals surface area contributed by atoms with Gasteiger partial charge in [-0.2, -0.15) is 0 Å². The second-order valence-electron chi connectivity index (χ2n) is 16.0. The van der Waals surface area contributed by atoms with Crippen molar-refractivity contribution in [2.45, 2.75) is 23.6 Å². The van der Waals surface area contributed by atoms with E-state index in [9.17, 15) is 48.4 Å². The van der Waals surface area contributed by atoms with Crippen molar-refractivity contribution in [2.75, 3.05) is 0 Å². The van der Waals surface area contributed by atoms with Gasteiger partial charge in [-0.05, 0) is 131 Å². The fraction of sp³-hybridized carbons (Fsp3) is 0.0417. The van der Waals surface area contributed by atoms with Gasteiger partial charge in [0, 0.05) is 58.2 Å². The van der Waals surface area contributed by atoms with Gasteiger partial charge in [-0.3, -0.25) is 9.59 Å². The lowest BCUT2D eigenvalue weighted by Gasteiger charge is -2.40. The molecule has 8 bridgehead atoms. The minimum absolute atomic E-state index is 0.00662. The van der Waals surface area contributed by atoms with Crippen LogP contribution in [0, 0.1) is 11.6 Å². The average Bonchev–Trinajstić information content (AvgIpc) is 4.07. The number of carbonyl (C=O) groups is 2. The Bertz CT molecular complexity index is 3450. The first-order valence-electron chi connectivity index (χ1n) is 20.2. The summed E-state index contributed by atoms with van der Waals surface area (Å²) in [5, 5.41) is 0. The van der Waals surface area contributed by atoms with Crippen molar-refractivity contribution in [3.05, 3.63) is 144 Å². The van der Waals surface area contributed by atoms with E-state index in [4.69, 9.17) is 19.4 Å². The Hall–Kier alpha value is -7.72. The highest BCUT2D eigenvalue weighted by atomic mass is 32.5. The van der Waals surface area contributed by atoms with E-state index in [-0.39, 0.29) is 114 Å². The third-order valence-corrected chi connectivity index (χ3v) is 13.0. The molecule has 3 aromatic heterocycles. The van der Waals surface area contributed by atoms with Crippen molar-refractivity contribution in [3.63, 3.8) is 0 Å². The first-order chi connectivity index (χ1) is 32.3. The number of ether oxygens (including phenoxy) is 2. The van der Waals surface area contributed by atoms with Crippen LogP contribution in [-0.4, -0.2) is 31.9 Å². The van der Waals surface area contributed by atoms with Crippen LogP contribution in [0.4, 0.5) is 47.6 Å². The first-order valence-corrected chi connectivity index (χ1v) is 24.1. The van der Waals surface area contributed by atoms with Gasteiger partial charge in [0.05, 0.1) is 22.8 Å². The number of hydrogen-bond acceptors (Lipinski definition) is 6. The highest BCUT2D eigenvalue weighted by molar-refractivity contribution is 8.46. The number of nitrogens with one attached hydrogen (secondary N) is 2. The van der Waals surface area contributed by atoms with Gasteiger partial charge < -0.3 is 19.4 Å². The monoisotopic (exact) mass is 1020 g/mol. The number of carbonyl (C=O) groups excluding carboxylic acids is 2. The number of H-pyrrole nitrogens is 2. The molecule has 2 aliphatic heterocycles. The third-order valence-electron chi connectivity index (χ3n) is 10.7. The summed E-state index contributed by atoms with van der Waals surface area (Å²) in [6.45, 7) is 2.25. The summed E-state index contributed by atoms with van der Waals surface area (Å²) in [5.41, 5.74) is -2.00. The predicted molar refractivity (Wildman–Crippen MR) is 246 cm³/mol. The molecule has 0 amide bonds. The number of rotatable bonds is 8. The van der Waals surface area contributed by atoms with Crippen LogP contribution < -0.4 is 9.47 Å². The van der Waals surface area contributed by atoms with Gasteiger partial charge in [0.15, 0.2) is 0 Å². The maximum atomic E-state index is 15.3. The van der Waals surface area contributed by atoms with Crippen LogP contribution in [0.2, 0.25) is 0 Å². The number of aromatic nitrogens is 4. The van der Waals surface area contributed by atoms with Gasteiger partial charge in [-0.1, -0.05) is 63.1 Å². The van der Waals surface area contributed by atoms with Crippen LogP contribution in [0.15, 0.2) is 119 Å². The summed E-state index contributed by atoms with van der Waals surface area (Å²) in [4.78, 5) is 34.4. The number of halogens is 12. The first kappa shape index (κ1) is 47.4. The summed E-state index contributed by atoms with van der Waals surface area (Å²) in [5.74, 6) is -4.77. The van der Waals surface area contributed by atoms with Crippen LogP contribution >= 0.6 is 20.4 Å². The Labute approximate surface area is 387 Å². The summed E-state index contributed by atoms with van der Waals surface area (Å²) in [6, 6.07) is 17.7. The molecule has 2 aliphatic rings. The molecular formula is C48H30F12N4O4S2. The molecule has 4 aromatic carbocycles. The van der Waals surface area contributed by atoms with Crippen LogP contribution in [0.1, 0.15) is 36.6 Å². The SMILES string of the molecule is CC(=O)Oc1cccc(-c2c3nc(c(-c4cc(F)cc(S(F)(F)(F)(F)F)c4)c4ccc([nH]4)c(-c4cccc(OC(C)=O)c4)c4nc(c(-c5cc(F)cc(S(F)(F)(F)(F)F)c5)c5ccc2[nH]5)C=C4)C=C3)c1. The van der Waals surface area contributed by atoms with Crippen molar-refractivity contribution in [1.82, 2.24) is 19.9 Å². The van der Waals surface area contributed by atoms with Crippen molar-refractivity contribution >= 4 is 78.8 Å². The van der Waals surface area contributed by atoms with E-state index in [0.717, 1.165) is 13.8 Å². The zero-order chi connectivity index (χ0) is 50.5. The number of fused-ring (bicyclic) bond motifs is 8. The Morgan fingerprint density at radius 1 is 0.429 bits per heavy atom. The Morgan fingerprint density at radius 3 is 1.04 bits per heavy atom. The van der Waals surface area contributed by atoms with Gasteiger partial charge >= 0.3 is 32.4 Å². The van der Waals surface area contributed by atoms with Crippen molar-refractivity contribution < 1.29 is 66.7 Å². The van der Waals surface area contributed by atoms with E-state index >= 15 is 8.78 Å². The maximum absolute atomic E-state index is 15.3. The standard InChI is InChI=1S/C48H30F12N4O4S2/c1-25(65)67-33-7-3-5-27(19-33)45-37-9-13-41(61-37)47(29-17-31(49)23-35(21-29)69(51,52,53,54)55)43-15-11-39(63-43)46(28-6-4-8-34(20-28)68-26(2)66)40-12-16-44(64-40)48(42-14-10-38(45)62-42)30-18-32(50)24-36(22-30)70(56,57,58,59)60/h3-24,61,64H,1-2H3. The molecule has 0 saturated heterocycles. The number of benzene rings is 4. The molecule has 0 atom stereocenters. The number of aromatic amines is 2. The third kappa shape index (κ3) is 9.63. The van der Waals surface area contributed by atoms with Crippen LogP contribution in [-0.2, 0) is 9.59 Å². The number of esters is 2. The minimum atomic E-state index is -10.5. The van der Waals surface area contributed by atoms with Crippen molar-refractivity contribution in [3.8, 4) is 56.0 Å². The molecule has 362 valence electrons. The topological polar surface area (TPSA) is 110 Å². The highest BCUT2D eigenvalue weighted by Gasteiger charge is 2.66. The molecule has 9 rings (SSSR count). The van der Waals surface area contributed by atoms with Gasteiger partial charge in [0.1, 0.15) is 32.9 Å². The molecule has 70 heavy (non-hydrogen) atoms. The Balaban J connectivity index is 1.49. The molecule has 0 spiro atoms. The zero-order valence-electron chi connectivity index (χ0n) is 35.6. The lowest BCUT2D eigenvalue weighted by atomic mass is 10.0. The smallest absolute Gasteiger partial charge is 0.310 e. The van der Waals surface area contributed by atoms with E-state index in [2.05, 4.69) is 9.97 Å². The Kier molecular flexibility index (Phi) is 10.1. The molecule has 5 heterocycles. The molecule has 0 saturated carbocycles. The van der Waals surface area contributed by atoms with E-state index < -0.39 is 64.9 Å². The molecule has 8 nitrogen and oxygen atoms in total. The largest absolute Gasteiger partial charge is 0.427 e. The fourth-order valence-electron chi connectivity index (χ4n) is 8.04. The molecule has 0 unspecified atom stereocenters. The second kappa shape index (κ2) is 14.9. The maximum Gasteiger partial charge on any atom is 0.310 e. The lowest BCUT2D eigenvalue weighted by Crippen LogP contribution is -2.07. The minimum Gasteiger partial charge on any atom is -0.427 e. The average molecular weight is 1020 g/mol. The summed E-state index contributed by atoms with van der Waals surface area (Å²) in [6.07, 6.45) is 5.29. The highest BCUT2D eigenvalue weighted by Crippen LogP contribution is 3.03. The molecule has 22 heteroatoms. The van der Waals surface area contributed by atoms with E-state index in [1.165, 1.54) is 97.1 Å². The van der Waals surface area contributed by atoms with E-state index in [0.29, 0.717) is 12.1 Å². The van der Waals surface area contributed by atoms with Gasteiger partial charge in [0.2, 0.25) is 0 Å². The second-order valence-corrected chi connectivity index (χ2v) is 20.9. The van der Waals surface area contributed by atoms with Crippen LogP contribution in [0.3, 0.4) is 0 Å². The van der Waals surface area contributed by atoms with E-state index in [1.54, 1.807) is 0 Å². The Morgan fingerprint density at radius 2 is 0.743 bits per heavy atom. The van der Waals surface area contributed by atoms with Crippen molar-refractivity contribution in [1.29, 1.82) is 0 Å². The normalized spacial score (nSPS) is 14.6. The number of nitrogens with zero attached hydrogens (tertiary/aromatic N) is 2. The van der Waals surface area contributed by atoms with Crippen LogP contribution in [0.5, 0.6) is 11.5 Å². The van der Waals surface area contributed by atoms with Gasteiger partial charge in [-0.25, -0.2) is 18.7 Å². The molecule has 7 aromatic rings. The molecule has 0 radical (unpaired) electrons. The molecule has 0 aliphatic carbocycles. The molecular weight excluding hydrogens is 989 g/mol. The quantitative estimate of drug-likeness (QED) is 0.0891. The molecule has 0 fully saturated rings. The zero-order valence-corrected chi connectivity index (χ0v) is 37.2. The fourth-order valence-corrected chi connectivity index (χ4v) is 9.41. The van der Waals surface area contributed by atoms with Crippen LogP contribution in [0.25, 0.3) is 90.9 Å². The van der Waals surface area contributed by atoms with Gasteiger partial charge in [0.25, 0.3) is 0 Å². The van der Waals surface area contributed by atoms with E-state index in [1.807, 2.05) is 0 Å². The van der Waals surface area contributed by atoms with Gasteiger partial charge in [-0.15, -0.1) is 0 Å². The molecule has 2 N–H and O–H groups in total. The number of hydrogen-bond donors (Lipinski definition) is 2. The summed E-state index contributed by atoms with van der Waals surface area (Å²) in [7, 11) is -21.1. The summed E-state index contributed by atoms with van der Waals surface area (Å²) < 4.78 is 185. The predicted octanol–water partition coefficient (Wildman–Crippen LogP) is 16.8. The lowest BCUT2D eigenvalue weighted by molar-refractivity contribution is -0.132. The summed E-state index contributed by atoms with van der Waals surface area (Å²) >= 11 is 0. The van der Waals surface area contributed by atoms with Crippen molar-refractivity contribution in [2.24, 2.45) is 0 Å².